The van der Waals surface area contributed by atoms with Gasteiger partial charge in [0.25, 0.3) is 11.5 Å². The highest BCUT2D eigenvalue weighted by Crippen LogP contribution is 2.43. The Morgan fingerprint density at radius 2 is 1.75 bits per heavy atom. The number of hydrogen-bond acceptors (Lipinski definition) is 7. The molecule has 0 unspecified atom stereocenters. The Balaban J connectivity index is 1.41. The van der Waals surface area contributed by atoms with Crippen LogP contribution in [0.1, 0.15) is 72.9 Å². The van der Waals surface area contributed by atoms with Crippen molar-refractivity contribution < 1.29 is 28.2 Å². The normalized spacial score (nSPS) is 18.5. The first-order valence-electron chi connectivity index (χ1n) is 14.9. The van der Waals surface area contributed by atoms with Crippen LogP contribution in [0.2, 0.25) is 0 Å². The summed E-state index contributed by atoms with van der Waals surface area (Å²) in [6, 6.07) is 14.7. The van der Waals surface area contributed by atoms with Gasteiger partial charge in [-0.3, -0.25) is 29.8 Å². The first kappa shape index (κ1) is 30.7. The van der Waals surface area contributed by atoms with E-state index in [1.54, 1.807) is 0 Å². The van der Waals surface area contributed by atoms with E-state index in [4.69, 9.17) is 9.47 Å². The lowest BCUT2D eigenvalue weighted by atomic mass is 9.77. The summed E-state index contributed by atoms with van der Waals surface area (Å²) in [7, 11) is 0. The number of halogens is 1. The Labute approximate surface area is 254 Å². The van der Waals surface area contributed by atoms with Crippen LogP contribution in [0.4, 0.5) is 9.18 Å². The van der Waals surface area contributed by atoms with Crippen molar-refractivity contribution in [1.29, 1.82) is 0 Å². The predicted molar refractivity (Wildman–Crippen MR) is 158 cm³/mol. The number of alkyl carbamates (subject to hydrolysis) is 1. The Hall–Kier alpha value is -4.74. The number of hydrogen-bond donors (Lipinski definition) is 3. The molecule has 11 nitrogen and oxygen atoms in total. The second-order valence-electron chi connectivity index (χ2n) is 11.2. The summed E-state index contributed by atoms with van der Waals surface area (Å²) in [4.78, 5) is 57.6. The van der Waals surface area contributed by atoms with Crippen LogP contribution in [0.25, 0.3) is 0 Å². The zero-order chi connectivity index (χ0) is 31.1. The number of amides is 3. The van der Waals surface area contributed by atoms with Crippen LogP contribution < -0.4 is 26.5 Å². The van der Waals surface area contributed by atoms with Gasteiger partial charge in [0.2, 0.25) is 11.7 Å². The number of nitrogens with one attached hydrogen (secondary N) is 3. The molecule has 12 heteroatoms. The highest BCUT2D eigenvalue weighted by Gasteiger charge is 2.46. The van der Waals surface area contributed by atoms with Crippen molar-refractivity contribution >= 4 is 17.9 Å². The van der Waals surface area contributed by atoms with Crippen LogP contribution in [0.5, 0.6) is 5.75 Å². The molecule has 2 bridgehead atoms. The van der Waals surface area contributed by atoms with Crippen molar-refractivity contribution in [3.05, 3.63) is 93.4 Å². The van der Waals surface area contributed by atoms with Gasteiger partial charge in [-0.05, 0) is 61.3 Å². The van der Waals surface area contributed by atoms with Gasteiger partial charge >= 0.3 is 6.09 Å². The molecule has 44 heavy (non-hydrogen) atoms. The van der Waals surface area contributed by atoms with E-state index in [0.717, 1.165) is 24.8 Å². The van der Waals surface area contributed by atoms with E-state index in [0.29, 0.717) is 31.4 Å². The first-order chi connectivity index (χ1) is 21.3. The summed E-state index contributed by atoms with van der Waals surface area (Å²) in [5.41, 5.74) is 4.19. The summed E-state index contributed by atoms with van der Waals surface area (Å²) in [6.07, 6.45) is 3.20. The number of unbranched alkanes of at least 4 members (excludes halogenated alkanes) is 1. The molecule has 0 spiro atoms. The lowest BCUT2D eigenvalue weighted by molar-refractivity contribution is -0.121. The van der Waals surface area contributed by atoms with E-state index in [9.17, 15) is 23.6 Å². The van der Waals surface area contributed by atoms with E-state index in [1.165, 1.54) is 28.8 Å². The third-order valence-electron chi connectivity index (χ3n) is 8.06. The average molecular weight is 606 g/mol. The lowest BCUT2D eigenvalue weighted by Crippen LogP contribution is -2.50. The van der Waals surface area contributed by atoms with Crippen LogP contribution >= 0.6 is 0 Å². The molecule has 0 atom stereocenters. The number of carbonyl (C=O) groups is 3. The summed E-state index contributed by atoms with van der Waals surface area (Å²) in [6.45, 7) is 2.62. The van der Waals surface area contributed by atoms with Crippen LogP contribution in [0.15, 0.2) is 59.4 Å². The molecule has 1 fully saturated rings. The Morgan fingerprint density at radius 1 is 1.02 bits per heavy atom. The van der Waals surface area contributed by atoms with Crippen molar-refractivity contribution in [2.24, 2.45) is 5.92 Å². The standard InChI is InChI=1S/C32H36FN5O6/c1-2-3-17-43-27-26(28(40)37-36-25(39)18-21-9-11-24(33)12-10-21)34-30-32(15-13-22(14-16-32)19-38(30)29(27)41)35-31(42)44-20-23-7-5-4-6-8-23/h4-12,22H,2-3,13-20H2,1H3,(H,35,42)(H,36,39)(H,37,40). The number of benzene rings is 2. The fraction of sp³-hybridized carbons (Fsp3) is 0.406. The van der Waals surface area contributed by atoms with E-state index < -0.39 is 34.8 Å². The minimum Gasteiger partial charge on any atom is -0.486 e. The SMILES string of the molecule is CCCCOc1c(C(=O)NNC(=O)Cc2ccc(F)cc2)nc2n(c1=O)CC1CCC2(NC(=O)OCc2ccccc2)CC1. The Bertz CT molecular complexity index is 1550. The molecule has 2 aliphatic heterocycles. The van der Waals surface area contributed by atoms with Gasteiger partial charge in [-0.1, -0.05) is 55.8 Å². The number of ether oxygens (including phenoxy) is 2. The molecule has 2 aromatic carbocycles. The fourth-order valence-electron chi connectivity index (χ4n) is 5.66. The van der Waals surface area contributed by atoms with Crippen molar-refractivity contribution in [2.75, 3.05) is 6.61 Å². The van der Waals surface area contributed by atoms with Crippen LogP contribution in [0, 0.1) is 11.7 Å². The van der Waals surface area contributed by atoms with Gasteiger partial charge < -0.3 is 14.8 Å². The summed E-state index contributed by atoms with van der Waals surface area (Å²) < 4.78 is 26.1. The van der Waals surface area contributed by atoms with Crippen molar-refractivity contribution in [3.8, 4) is 5.75 Å². The number of nitrogens with zero attached hydrogens (tertiary/aromatic N) is 2. The molecule has 3 amide bonds. The van der Waals surface area contributed by atoms with Gasteiger partial charge in [0.05, 0.1) is 13.0 Å². The van der Waals surface area contributed by atoms with Crippen molar-refractivity contribution in [1.82, 2.24) is 25.7 Å². The molecular formula is C32H36FN5O6. The molecule has 3 aliphatic rings. The summed E-state index contributed by atoms with van der Waals surface area (Å²) >= 11 is 0. The number of rotatable bonds is 10. The summed E-state index contributed by atoms with van der Waals surface area (Å²) in [5, 5.41) is 2.98. The molecule has 1 aliphatic carbocycles. The van der Waals surface area contributed by atoms with Gasteiger partial charge in [-0.25, -0.2) is 14.2 Å². The minimum atomic E-state index is -1.04. The molecule has 0 saturated heterocycles. The maximum Gasteiger partial charge on any atom is 0.408 e. The van der Waals surface area contributed by atoms with E-state index in [1.807, 2.05) is 37.3 Å². The molecular weight excluding hydrogens is 569 g/mol. The smallest absolute Gasteiger partial charge is 0.408 e. The number of carbonyl (C=O) groups excluding carboxylic acids is 3. The molecule has 6 rings (SSSR count). The second-order valence-corrected chi connectivity index (χ2v) is 11.2. The first-order valence-corrected chi connectivity index (χ1v) is 14.9. The van der Waals surface area contributed by atoms with Gasteiger partial charge in [-0.15, -0.1) is 0 Å². The van der Waals surface area contributed by atoms with E-state index in [-0.39, 0.29) is 42.8 Å². The molecule has 3 N–H and O–H groups in total. The zero-order valence-corrected chi connectivity index (χ0v) is 24.6. The number of fused-ring (bicyclic) bond motifs is 2. The van der Waals surface area contributed by atoms with E-state index in [2.05, 4.69) is 21.2 Å². The van der Waals surface area contributed by atoms with Gasteiger partial charge in [-0.2, -0.15) is 0 Å². The summed E-state index contributed by atoms with van der Waals surface area (Å²) in [5.74, 6) is -1.59. The lowest BCUT2D eigenvalue weighted by Gasteiger charge is -2.36. The maximum atomic E-state index is 13.9. The Morgan fingerprint density at radius 3 is 2.45 bits per heavy atom. The topological polar surface area (TPSA) is 141 Å². The quantitative estimate of drug-likeness (QED) is 0.235. The van der Waals surface area contributed by atoms with Crippen LogP contribution in [0.3, 0.4) is 0 Å². The van der Waals surface area contributed by atoms with E-state index >= 15 is 0 Å². The monoisotopic (exact) mass is 605 g/mol. The zero-order valence-electron chi connectivity index (χ0n) is 24.6. The highest BCUT2D eigenvalue weighted by atomic mass is 19.1. The third-order valence-corrected chi connectivity index (χ3v) is 8.06. The third kappa shape index (κ3) is 7.07. The average Bonchev–Trinajstić information content (AvgIpc) is 3.27. The van der Waals surface area contributed by atoms with Crippen LogP contribution in [-0.2, 0) is 34.6 Å². The second kappa shape index (κ2) is 13.7. The van der Waals surface area contributed by atoms with Gasteiger partial charge in [0.15, 0.2) is 5.69 Å². The molecule has 3 heterocycles. The number of aromatic nitrogens is 2. The fourth-order valence-corrected chi connectivity index (χ4v) is 5.66. The van der Waals surface area contributed by atoms with Crippen LogP contribution in [-0.4, -0.2) is 34.1 Å². The molecule has 3 aromatic rings. The predicted octanol–water partition coefficient (Wildman–Crippen LogP) is 3.89. The molecule has 1 aromatic heterocycles. The molecule has 1 saturated carbocycles. The van der Waals surface area contributed by atoms with Crippen molar-refractivity contribution in [2.45, 2.75) is 70.6 Å². The molecule has 0 radical (unpaired) electrons. The highest BCUT2D eigenvalue weighted by molar-refractivity contribution is 5.96. The van der Waals surface area contributed by atoms with Gasteiger partial charge in [0, 0.05) is 6.54 Å². The minimum absolute atomic E-state index is 0.0705. The largest absolute Gasteiger partial charge is 0.486 e. The maximum absolute atomic E-state index is 13.9. The molecule has 232 valence electrons. The van der Waals surface area contributed by atoms with Crippen molar-refractivity contribution in [3.63, 3.8) is 0 Å². The Kier molecular flexibility index (Phi) is 9.56. The van der Waals surface area contributed by atoms with Gasteiger partial charge in [0.1, 0.15) is 23.8 Å². The number of hydrazine groups is 1.